The van der Waals surface area contributed by atoms with Crippen LogP contribution in [-0.2, 0) is 0 Å². The maximum absolute atomic E-state index is 8.75. The summed E-state index contributed by atoms with van der Waals surface area (Å²) < 4.78 is 1.21. The molecular formula is C8H9N5. The molecule has 1 aromatic heterocycles. The fraction of sp³-hybridized carbons (Fsp3) is 0.250. The van der Waals surface area contributed by atoms with Crippen LogP contribution in [0, 0.1) is 36.0 Å². The predicted octanol–water partition coefficient (Wildman–Crippen LogP) is 0.306. The van der Waals surface area contributed by atoms with Crippen molar-refractivity contribution in [3.63, 3.8) is 0 Å². The summed E-state index contributed by atoms with van der Waals surface area (Å²) >= 11 is 0. The van der Waals surface area contributed by atoms with E-state index in [0.717, 1.165) is 6.34 Å². The summed E-state index contributed by atoms with van der Waals surface area (Å²) in [4.78, 5) is 4.02. The molecule has 1 rings (SSSR count). The van der Waals surface area contributed by atoms with Crippen LogP contribution in [0.3, 0.4) is 0 Å². The Bertz CT molecular complexity index is 449. The standard InChI is InChI=1S/C8H9N5/c1-5-7(3-9)13(4-10)8(11)6(2)12-5/h4,10-11H,1-2H3. The summed E-state index contributed by atoms with van der Waals surface area (Å²) in [5.41, 5.74) is 1.38. The topological polar surface area (TPSA) is 89.3 Å². The average Bonchev–Trinajstić information content (AvgIpc) is 2.10. The van der Waals surface area contributed by atoms with Crippen LogP contribution >= 0.6 is 0 Å². The van der Waals surface area contributed by atoms with Gasteiger partial charge in [0, 0.05) is 0 Å². The molecule has 0 atom stereocenters. The molecule has 1 aromatic rings. The molecule has 0 bridgehead atoms. The molecule has 66 valence electrons. The minimum atomic E-state index is 0.0807. The zero-order chi connectivity index (χ0) is 10.0. The molecule has 13 heavy (non-hydrogen) atoms. The minimum absolute atomic E-state index is 0.0807. The highest BCUT2D eigenvalue weighted by Gasteiger charge is 2.06. The first kappa shape index (κ1) is 9.13. The maximum Gasteiger partial charge on any atom is 0.152 e. The van der Waals surface area contributed by atoms with Gasteiger partial charge in [0.25, 0.3) is 0 Å². The van der Waals surface area contributed by atoms with Crippen molar-refractivity contribution in [3.05, 3.63) is 22.6 Å². The van der Waals surface area contributed by atoms with Crippen molar-refractivity contribution in [3.8, 4) is 6.07 Å². The van der Waals surface area contributed by atoms with Crippen LogP contribution in [0.25, 0.3) is 0 Å². The van der Waals surface area contributed by atoms with Crippen molar-refractivity contribution >= 4 is 6.34 Å². The summed E-state index contributed by atoms with van der Waals surface area (Å²) in [5.74, 6) is 0. The van der Waals surface area contributed by atoms with Crippen molar-refractivity contribution in [1.29, 1.82) is 16.1 Å². The van der Waals surface area contributed by atoms with Gasteiger partial charge < -0.3 is 0 Å². The van der Waals surface area contributed by atoms with Gasteiger partial charge in [0.15, 0.2) is 5.49 Å². The highest BCUT2D eigenvalue weighted by atomic mass is 15.0. The Kier molecular flexibility index (Phi) is 2.24. The van der Waals surface area contributed by atoms with Gasteiger partial charge in [-0.15, -0.1) is 0 Å². The van der Waals surface area contributed by atoms with E-state index in [1.54, 1.807) is 13.8 Å². The molecule has 5 nitrogen and oxygen atoms in total. The molecule has 0 radical (unpaired) electrons. The molecule has 2 N–H and O–H groups in total. The quantitative estimate of drug-likeness (QED) is 0.475. The van der Waals surface area contributed by atoms with Crippen molar-refractivity contribution in [2.45, 2.75) is 13.8 Å². The lowest BCUT2D eigenvalue weighted by molar-refractivity contribution is 0.873. The summed E-state index contributed by atoms with van der Waals surface area (Å²) in [6.07, 6.45) is 0.947. The second kappa shape index (κ2) is 3.19. The third-order valence-electron chi connectivity index (χ3n) is 1.74. The van der Waals surface area contributed by atoms with Crippen LogP contribution in [0.1, 0.15) is 17.1 Å². The van der Waals surface area contributed by atoms with E-state index in [2.05, 4.69) is 4.98 Å². The third kappa shape index (κ3) is 1.34. The van der Waals surface area contributed by atoms with Gasteiger partial charge >= 0.3 is 0 Å². The van der Waals surface area contributed by atoms with Gasteiger partial charge in [-0.25, -0.2) is 0 Å². The lowest BCUT2D eigenvalue weighted by atomic mass is 10.3. The van der Waals surface area contributed by atoms with E-state index in [-0.39, 0.29) is 11.2 Å². The number of rotatable bonds is 1. The number of aryl methyl sites for hydroxylation is 2. The highest BCUT2D eigenvalue weighted by Crippen LogP contribution is 1.99. The zero-order valence-corrected chi connectivity index (χ0v) is 7.42. The van der Waals surface area contributed by atoms with Crippen molar-refractivity contribution in [2.24, 2.45) is 0 Å². The van der Waals surface area contributed by atoms with E-state index in [4.69, 9.17) is 16.1 Å². The first-order chi connectivity index (χ1) is 6.11. The molecule has 0 amide bonds. The Morgan fingerprint density at radius 2 is 2.08 bits per heavy atom. The molecule has 0 saturated carbocycles. The fourth-order valence-corrected chi connectivity index (χ4v) is 1.08. The molecule has 0 unspecified atom stereocenters. The summed E-state index contributed by atoms with van der Waals surface area (Å²) in [5, 5.41) is 23.3. The fourth-order valence-electron chi connectivity index (χ4n) is 1.08. The summed E-state index contributed by atoms with van der Waals surface area (Å²) in [6.45, 7) is 3.36. The van der Waals surface area contributed by atoms with Gasteiger partial charge in [0.05, 0.1) is 17.7 Å². The summed E-state index contributed by atoms with van der Waals surface area (Å²) in [7, 11) is 0. The zero-order valence-electron chi connectivity index (χ0n) is 7.42. The Labute approximate surface area is 75.3 Å². The second-order valence-electron chi connectivity index (χ2n) is 2.59. The molecule has 1 heterocycles. The number of nitrogens with zero attached hydrogens (tertiary/aromatic N) is 3. The molecule has 0 spiro atoms. The van der Waals surface area contributed by atoms with E-state index >= 15 is 0 Å². The molecule has 0 saturated heterocycles. The Morgan fingerprint density at radius 1 is 1.46 bits per heavy atom. The lowest BCUT2D eigenvalue weighted by Crippen LogP contribution is -2.26. The SMILES string of the molecule is Cc1nc(C)c(=N)n(C=N)c1C#N. The second-order valence-corrected chi connectivity index (χ2v) is 2.59. The van der Waals surface area contributed by atoms with Crippen molar-refractivity contribution < 1.29 is 0 Å². The van der Waals surface area contributed by atoms with Crippen LogP contribution in [0.5, 0.6) is 0 Å². The van der Waals surface area contributed by atoms with E-state index in [1.165, 1.54) is 4.57 Å². The molecule has 0 aliphatic carbocycles. The van der Waals surface area contributed by atoms with Crippen LogP contribution in [0.15, 0.2) is 0 Å². The van der Waals surface area contributed by atoms with E-state index < -0.39 is 0 Å². The van der Waals surface area contributed by atoms with Crippen LogP contribution in [0.4, 0.5) is 0 Å². The molecule has 0 aliphatic heterocycles. The molecule has 0 aliphatic rings. The van der Waals surface area contributed by atoms with Crippen LogP contribution in [0.2, 0.25) is 0 Å². The number of hydrogen-bond acceptors (Lipinski definition) is 4. The number of nitrogens with one attached hydrogen (secondary N) is 2. The van der Waals surface area contributed by atoms with Crippen molar-refractivity contribution in [1.82, 2.24) is 9.55 Å². The van der Waals surface area contributed by atoms with E-state index in [1.807, 2.05) is 6.07 Å². The van der Waals surface area contributed by atoms with Gasteiger partial charge in [0.1, 0.15) is 11.8 Å². The van der Waals surface area contributed by atoms with Crippen molar-refractivity contribution in [2.75, 3.05) is 0 Å². The van der Waals surface area contributed by atoms with Gasteiger partial charge in [-0.05, 0) is 13.8 Å². The first-order valence-electron chi connectivity index (χ1n) is 3.66. The molecule has 0 fully saturated rings. The normalized spacial score (nSPS) is 9.31. The molecule has 5 heteroatoms. The predicted molar refractivity (Wildman–Crippen MR) is 46.5 cm³/mol. The molecular weight excluding hydrogens is 166 g/mol. The lowest BCUT2D eigenvalue weighted by Gasteiger charge is -2.06. The monoisotopic (exact) mass is 175 g/mol. The Morgan fingerprint density at radius 3 is 2.54 bits per heavy atom. The highest BCUT2D eigenvalue weighted by molar-refractivity contribution is 5.58. The van der Waals surface area contributed by atoms with E-state index in [0.29, 0.717) is 11.4 Å². The molecule has 0 aromatic carbocycles. The smallest absolute Gasteiger partial charge is 0.152 e. The Hall–Kier alpha value is -1.96. The number of aromatic nitrogens is 2. The van der Waals surface area contributed by atoms with E-state index in [9.17, 15) is 0 Å². The van der Waals surface area contributed by atoms with Crippen LogP contribution < -0.4 is 5.49 Å². The average molecular weight is 175 g/mol. The number of hydrogen-bond donors (Lipinski definition) is 2. The Balaban J connectivity index is 3.73. The van der Waals surface area contributed by atoms with Gasteiger partial charge in [-0.3, -0.25) is 20.4 Å². The summed E-state index contributed by atoms with van der Waals surface area (Å²) in [6, 6.07) is 1.91. The van der Waals surface area contributed by atoms with Gasteiger partial charge in [-0.1, -0.05) is 0 Å². The minimum Gasteiger partial charge on any atom is -0.291 e. The van der Waals surface area contributed by atoms with Gasteiger partial charge in [0.2, 0.25) is 0 Å². The van der Waals surface area contributed by atoms with Gasteiger partial charge in [-0.2, -0.15) is 5.26 Å². The van der Waals surface area contributed by atoms with Crippen LogP contribution in [-0.4, -0.2) is 15.9 Å². The third-order valence-corrected chi connectivity index (χ3v) is 1.74. The largest absolute Gasteiger partial charge is 0.291 e. The maximum atomic E-state index is 8.75. The first-order valence-corrected chi connectivity index (χ1v) is 3.66. The number of nitriles is 1.